The Kier molecular flexibility index (Phi) is 10.1. The lowest BCUT2D eigenvalue weighted by molar-refractivity contribution is -0.130. The van der Waals surface area contributed by atoms with Crippen molar-refractivity contribution in [3.63, 3.8) is 0 Å². The normalized spacial score (nSPS) is 21.0. The number of aromatic nitrogens is 2. The van der Waals surface area contributed by atoms with Crippen LogP contribution in [-0.2, 0) is 22.4 Å². The monoisotopic (exact) mass is 754 g/mol. The van der Waals surface area contributed by atoms with Crippen molar-refractivity contribution < 1.29 is 19.1 Å². The van der Waals surface area contributed by atoms with E-state index in [1.165, 1.54) is 11.1 Å². The fourth-order valence-corrected chi connectivity index (χ4v) is 9.33. The van der Waals surface area contributed by atoms with Crippen molar-refractivity contribution in [2.45, 2.75) is 63.6 Å². The highest BCUT2D eigenvalue weighted by atomic mass is 35.5. The molecule has 53 heavy (non-hydrogen) atoms. The molecule has 2 N–H and O–H groups in total. The lowest BCUT2D eigenvalue weighted by Gasteiger charge is -2.38. The number of hydrogen-bond acceptors (Lipinski definition) is 8. The van der Waals surface area contributed by atoms with E-state index in [-0.39, 0.29) is 29.9 Å². The summed E-state index contributed by atoms with van der Waals surface area (Å²) in [5, 5.41) is 7.80. The SMILES string of the molecule is COc1nc(-c2cccc(-c3cccc(-c4cc5c(c(OC)n4)[C@H](NC[C@@H]4CCC(=O)N4)CC5)c3Cl)c2Cl)cc2c1[C@H](N1CCN(C(C)=O)CC1)CC2. The van der Waals surface area contributed by atoms with Crippen LogP contribution in [0.5, 0.6) is 11.8 Å². The molecule has 2 aromatic carbocycles. The predicted octanol–water partition coefficient (Wildman–Crippen LogP) is 6.81. The van der Waals surface area contributed by atoms with Gasteiger partial charge in [0.1, 0.15) is 0 Å². The summed E-state index contributed by atoms with van der Waals surface area (Å²) in [6, 6.07) is 16.6. The van der Waals surface area contributed by atoms with E-state index in [0.717, 1.165) is 103 Å². The number of rotatable bonds is 9. The standard InChI is InChI=1S/C41H44Cl2N6O4/c1-23(50)48-16-18-49(19-17-48)34-14-11-25-21-33(47-41(53-3)37(25)34)30-9-5-7-28(39(30)43)27-6-4-8-29(38(27)42)32-20-24-10-13-31(36(24)40(46-32)52-2)44-22-26-12-15-35(51)45-26/h4-9,20-21,26,31,34,44H,10-19,22H2,1-3H3,(H,45,51)/t26-,31+,34+/m0/s1. The first-order valence-electron chi connectivity index (χ1n) is 18.5. The zero-order valence-corrected chi connectivity index (χ0v) is 31.8. The number of carbonyl (C=O) groups is 2. The van der Waals surface area contributed by atoms with E-state index in [9.17, 15) is 9.59 Å². The minimum absolute atomic E-state index is 0.100. The summed E-state index contributed by atoms with van der Waals surface area (Å²) in [6.07, 6.45) is 5.13. The van der Waals surface area contributed by atoms with Gasteiger partial charge in [0.2, 0.25) is 23.6 Å². The smallest absolute Gasteiger partial charge is 0.220 e. The number of pyridine rings is 2. The third-order valence-electron chi connectivity index (χ3n) is 11.4. The van der Waals surface area contributed by atoms with Crippen LogP contribution in [0.1, 0.15) is 66.9 Å². The van der Waals surface area contributed by atoms with Crippen molar-refractivity contribution >= 4 is 35.0 Å². The summed E-state index contributed by atoms with van der Waals surface area (Å²) in [5.41, 5.74) is 9.30. The molecule has 0 bridgehead atoms. The van der Waals surface area contributed by atoms with Crippen LogP contribution in [0, 0.1) is 0 Å². The van der Waals surface area contributed by atoms with E-state index in [0.29, 0.717) is 34.8 Å². The van der Waals surface area contributed by atoms with E-state index in [2.05, 4.69) is 27.7 Å². The van der Waals surface area contributed by atoms with Gasteiger partial charge in [-0.15, -0.1) is 0 Å². The van der Waals surface area contributed by atoms with Gasteiger partial charge in [-0.3, -0.25) is 14.5 Å². The molecule has 0 saturated carbocycles. The largest absolute Gasteiger partial charge is 0.481 e. The van der Waals surface area contributed by atoms with Gasteiger partial charge in [-0.2, -0.15) is 0 Å². The van der Waals surface area contributed by atoms with Gasteiger partial charge in [0.15, 0.2) is 0 Å². The van der Waals surface area contributed by atoms with Crippen LogP contribution in [0.4, 0.5) is 0 Å². The van der Waals surface area contributed by atoms with Crippen molar-refractivity contribution in [3.05, 3.63) is 80.8 Å². The van der Waals surface area contributed by atoms with Crippen LogP contribution in [0.2, 0.25) is 10.0 Å². The molecule has 2 aromatic heterocycles. The Balaban J connectivity index is 1.07. The highest BCUT2D eigenvalue weighted by Gasteiger charge is 2.35. The number of nitrogens with one attached hydrogen (secondary N) is 2. The first-order valence-corrected chi connectivity index (χ1v) is 19.3. The highest BCUT2D eigenvalue weighted by molar-refractivity contribution is 6.39. The molecule has 2 aliphatic carbocycles. The number of hydrogen-bond donors (Lipinski definition) is 2. The van der Waals surface area contributed by atoms with Gasteiger partial charge in [0.25, 0.3) is 0 Å². The van der Waals surface area contributed by atoms with E-state index in [1.54, 1.807) is 21.1 Å². The van der Waals surface area contributed by atoms with E-state index in [1.807, 2.05) is 41.3 Å². The van der Waals surface area contributed by atoms with Crippen LogP contribution in [0.25, 0.3) is 33.6 Å². The molecule has 2 fully saturated rings. The van der Waals surface area contributed by atoms with Gasteiger partial charge in [-0.1, -0.05) is 59.6 Å². The van der Waals surface area contributed by atoms with Gasteiger partial charge in [-0.05, 0) is 55.4 Å². The molecule has 0 radical (unpaired) electrons. The predicted molar refractivity (Wildman–Crippen MR) is 207 cm³/mol. The quantitative estimate of drug-likeness (QED) is 0.192. The average Bonchev–Trinajstić information content (AvgIpc) is 3.92. The summed E-state index contributed by atoms with van der Waals surface area (Å²) >= 11 is 14.5. The number of benzene rings is 2. The van der Waals surface area contributed by atoms with Crippen molar-refractivity contribution in [2.75, 3.05) is 46.9 Å². The van der Waals surface area contributed by atoms with E-state index >= 15 is 0 Å². The number of amides is 2. The number of fused-ring (bicyclic) bond motifs is 2. The molecule has 0 spiro atoms. The van der Waals surface area contributed by atoms with Gasteiger partial charge in [0.05, 0.1) is 35.7 Å². The number of nitrogens with zero attached hydrogens (tertiary/aromatic N) is 4. The molecular weight excluding hydrogens is 711 g/mol. The number of methoxy groups -OCH3 is 2. The summed E-state index contributed by atoms with van der Waals surface area (Å²) < 4.78 is 11.8. The van der Waals surface area contributed by atoms with Crippen LogP contribution in [0.15, 0.2) is 48.5 Å². The number of ether oxygens (including phenoxy) is 2. The minimum atomic E-state index is 0.100. The van der Waals surface area contributed by atoms with Crippen LogP contribution < -0.4 is 20.1 Å². The van der Waals surface area contributed by atoms with Gasteiger partial charge in [-0.25, -0.2) is 9.97 Å². The maximum absolute atomic E-state index is 11.9. The molecule has 10 nitrogen and oxygen atoms in total. The first kappa shape index (κ1) is 35.8. The Bertz CT molecular complexity index is 2080. The molecule has 8 rings (SSSR count). The van der Waals surface area contributed by atoms with Crippen LogP contribution in [-0.4, -0.2) is 84.6 Å². The van der Waals surface area contributed by atoms with E-state index < -0.39 is 0 Å². The first-order chi connectivity index (χ1) is 25.7. The second kappa shape index (κ2) is 14.9. The molecule has 4 aromatic rings. The highest BCUT2D eigenvalue weighted by Crippen LogP contribution is 2.47. The van der Waals surface area contributed by atoms with Crippen LogP contribution in [0.3, 0.4) is 0 Å². The summed E-state index contributed by atoms with van der Waals surface area (Å²) in [7, 11) is 3.33. The molecule has 2 aliphatic heterocycles. The third kappa shape index (κ3) is 6.75. The topological polar surface area (TPSA) is 109 Å². The Morgan fingerprint density at radius 2 is 1.38 bits per heavy atom. The molecule has 2 saturated heterocycles. The average molecular weight is 756 g/mol. The number of aryl methyl sites for hydroxylation is 2. The van der Waals surface area contributed by atoms with E-state index in [4.69, 9.17) is 42.6 Å². The van der Waals surface area contributed by atoms with Crippen LogP contribution >= 0.6 is 23.2 Å². The molecule has 0 unspecified atom stereocenters. The Labute approximate surface area is 320 Å². The van der Waals surface area contributed by atoms with Gasteiger partial charge in [0, 0.05) is 97.6 Å². The molecular formula is C41H44Cl2N6O4. The van der Waals surface area contributed by atoms with Gasteiger partial charge < -0.3 is 25.0 Å². The summed E-state index contributed by atoms with van der Waals surface area (Å²) in [6.45, 7) is 5.48. The summed E-state index contributed by atoms with van der Waals surface area (Å²) in [4.78, 5) is 38.0. The second-order valence-corrected chi connectivity index (χ2v) is 15.2. The van der Waals surface area contributed by atoms with Gasteiger partial charge >= 0.3 is 0 Å². The Morgan fingerprint density at radius 3 is 1.94 bits per heavy atom. The zero-order chi connectivity index (χ0) is 36.8. The molecule has 4 heterocycles. The zero-order valence-electron chi connectivity index (χ0n) is 30.3. The Morgan fingerprint density at radius 1 is 0.811 bits per heavy atom. The number of halogens is 2. The lowest BCUT2D eigenvalue weighted by Crippen LogP contribution is -2.48. The molecule has 276 valence electrons. The third-order valence-corrected chi connectivity index (χ3v) is 12.2. The molecule has 3 atom stereocenters. The maximum atomic E-state index is 11.9. The van der Waals surface area contributed by atoms with Crippen molar-refractivity contribution in [1.82, 2.24) is 30.4 Å². The fourth-order valence-electron chi connectivity index (χ4n) is 8.68. The molecule has 2 amide bonds. The maximum Gasteiger partial charge on any atom is 0.220 e. The number of piperazine rings is 1. The fraction of sp³-hybridized carbons (Fsp3) is 0.415. The van der Waals surface area contributed by atoms with Crippen molar-refractivity contribution in [2.24, 2.45) is 0 Å². The minimum Gasteiger partial charge on any atom is -0.481 e. The Hall–Kier alpha value is -4.22. The lowest BCUT2D eigenvalue weighted by atomic mass is 9.97. The molecule has 4 aliphatic rings. The van der Waals surface area contributed by atoms with Crippen molar-refractivity contribution in [1.29, 1.82) is 0 Å². The second-order valence-electron chi connectivity index (χ2n) is 14.4. The molecule has 12 heteroatoms. The summed E-state index contributed by atoms with van der Waals surface area (Å²) in [5.74, 6) is 1.45. The van der Waals surface area contributed by atoms with Crippen molar-refractivity contribution in [3.8, 4) is 45.4 Å². The number of carbonyl (C=O) groups excluding carboxylic acids is 2.